The highest BCUT2D eigenvalue weighted by Gasteiger charge is 2.35. The second kappa shape index (κ2) is 9.23. The van der Waals surface area contributed by atoms with Crippen molar-refractivity contribution in [3.05, 3.63) is 59.7 Å². The van der Waals surface area contributed by atoms with Crippen molar-refractivity contribution < 1.29 is 23.9 Å². The number of carbonyl (C=O) groups is 3. The van der Waals surface area contributed by atoms with Crippen LogP contribution in [0.5, 0.6) is 5.75 Å². The average Bonchev–Trinajstić information content (AvgIpc) is 3.15. The topological polar surface area (TPSA) is 84.9 Å². The summed E-state index contributed by atoms with van der Waals surface area (Å²) in [6, 6.07) is 14.3. The van der Waals surface area contributed by atoms with Crippen LogP contribution >= 0.6 is 0 Å². The third-order valence-electron chi connectivity index (χ3n) is 4.94. The van der Waals surface area contributed by atoms with Crippen LogP contribution in [0.1, 0.15) is 22.3 Å². The molecule has 2 amide bonds. The number of ether oxygens (including phenoxy) is 2. The highest BCUT2D eigenvalue weighted by Crippen LogP contribution is 2.25. The molecule has 152 valence electrons. The molecule has 7 nitrogen and oxygen atoms in total. The summed E-state index contributed by atoms with van der Waals surface area (Å²) in [5.74, 6) is -0.284. The highest BCUT2D eigenvalue weighted by molar-refractivity contribution is 6.00. The van der Waals surface area contributed by atoms with E-state index in [1.165, 1.54) is 7.11 Å². The second-order valence-electron chi connectivity index (χ2n) is 6.84. The van der Waals surface area contributed by atoms with E-state index < -0.39 is 11.9 Å². The van der Waals surface area contributed by atoms with Gasteiger partial charge in [0, 0.05) is 25.2 Å². The van der Waals surface area contributed by atoms with Gasteiger partial charge in [-0.2, -0.15) is 0 Å². The van der Waals surface area contributed by atoms with E-state index in [2.05, 4.69) is 10.1 Å². The first-order valence-electron chi connectivity index (χ1n) is 9.41. The molecule has 29 heavy (non-hydrogen) atoms. The molecule has 1 aliphatic heterocycles. The van der Waals surface area contributed by atoms with Crippen molar-refractivity contribution >= 4 is 23.5 Å². The standard InChI is InChI=1S/C22H24N2O5/c1-28-19-5-3-4-15(12-19)10-11-23-21(26)17-13-20(25)24(14-17)18-8-6-16(7-9-18)22(27)29-2/h3-9,12,17H,10-11,13-14H2,1-2H3,(H,23,26). The Morgan fingerprint density at radius 1 is 1.14 bits per heavy atom. The molecule has 0 aromatic heterocycles. The molecule has 2 aromatic carbocycles. The van der Waals surface area contributed by atoms with E-state index in [9.17, 15) is 14.4 Å². The first-order valence-corrected chi connectivity index (χ1v) is 9.41. The Bertz CT molecular complexity index is 894. The SMILES string of the molecule is COC(=O)c1ccc(N2CC(C(=O)NCCc3cccc(OC)c3)CC2=O)cc1. The summed E-state index contributed by atoms with van der Waals surface area (Å²) in [4.78, 5) is 38.0. The van der Waals surface area contributed by atoms with Gasteiger partial charge in [0.05, 0.1) is 25.7 Å². The van der Waals surface area contributed by atoms with Gasteiger partial charge in [0.15, 0.2) is 0 Å². The molecule has 1 unspecified atom stereocenters. The summed E-state index contributed by atoms with van der Waals surface area (Å²) < 4.78 is 9.87. The van der Waals surface area contributed by atoms with E-state index in [1.807, 2.05) is 24.3 Å². The second-order valence-corrected chi connectivity index (χ2v) is 6.84. The zero-order chi connectivity index (χ0) is 20.8. The Morgan fingerprint density at radius 3 is 2.59 bits per heavy atom. The van der Waals surface area contributed by atoms with E-state index in [4.69, 9.17) is 4.74 Å². The van der Waals surface area contributed by atoms with Gasteiger partial charge in [-0.15, -0.1) is 0 Å². The lowest BCUT2D eigenvalue weighted by atomic mass is 10.1. The summed E-state index contributed by atoms with van der Waals surface area (Å²) in [7, 11) is 2.93. The third-order valence-corrected chi connectivity index (χ3v) is 4.94. The number of hydrogen-bond donors (Lipinski definition) is 1. The lowest BCUT2D eigenvalue weighted by molar-refractivity contribution is -0.126. The number of anilines is 1. The van der Waals surface area contributed by atoms with Crippen molar-refractivity contribution in [1.29, 1.82) is 0 Å². The van der Waals surface area contributed by atoms with E-state index in [-0.39, 0.29) is 18.2 Å². The molecule has 0 bridgehead atoms. The Morgan fingerprint density at radius 2 is 1.90 bits per heavy atom. The number of nitrogens with zero attached hydrogens (tertiary/aromatic N) is 1. The highest BCUT2D eigenvalue weighted by atomic mass is 16.5. The molecule has 1 N–H and O–H groups in total. The fraction of sp³-hybridized carbons (Fsp3) is 0.318. The van der Waals surface area contributed by atoms with Crippen LogP contribution < -0.4 is 15.0 Å². The molecule has 1 heterocycles. The minimum absolute atomic E-state index is 0.108. The van der Waals surface area contributed by atoms with E-state index >= 15 is 0 Å². The van der Waals surface area contributed by atoms with Gasteiger partial charge in [0.2, 0.25) is 11.8 Å². The van der Waals surface area contributed by atoms with Crippen LogP contribution in [0, 0.1) is 5.92 Å². The van der Waals surface area contributed by atoms with Gasteiger partial charge in [-0.05, 0) is 48.4 Å². The van der Waals surface area contributed by atoms with Crippen LogP contribution in [0.4, 0.5) is 5.69 Å². The first-order chi connectivity index (χ1) is 14.0. The number of hydrogen-bond acceptors (Lipinski definition) is 5. The smallest absolute Gasteiger partial charge is 0.337 e. The maximum atomic E-state index is 12.5. The van der Waals surface area contributed by atoms with Gasteiger partial charge < -0.3 is 19.7 Å². The molecule has 1 fully saturated rings. The fourth-order valence-electron chi connectivity index (χ4n) is 3.33. The lowest BCUT2D eigenvalue weighted by Crippen LogP contribution is -2.34. The molecule has 1 aliphatic rings. The molecule has 2 aromatic rings. The van der Waals surface area contributed by atoms with E-state index in [1.54, 1.807) is 36.3 Å². The molecule has 1 saturated heterocycles. The summed E-state index contributed by atoms with van der Waals surface area (Å²) in [5.41, 5.74) is 2.14. The Hall–Kier alpha value is -3.35. The van der Waals surface area contributed by atoms with Gasteiger partial charge in [-0.1, -0.05) is 12.1 Å². The van der Waals surface area contributed by atoms with Gasteiger partial charge in [-0.3, -0.25) is 9.59 Å². The van der Waals surface area contributed by atoms with Crippen LogP contribution in [-0.2, 0) is 20.7 Å². The lowest BCUT2D eigenvalue weighted by Gasteiger charge is -2.17. The van der Waals surface area contributed by atoms with E-state index in [0.717, 1.165) is 11.3 Å². The van der Waals surface area contributed by atoms with Crippen LogP contribution in [0.25, 0.3) is 0 Å². The van der Waals surface area contributed by atoms with Gasteiger partial charge in [0.1, 0.15) is 5.75 Å². The summed E-state index contributed by atoms with van der Waals surface area (Å²) in [6.07, 6.45) is 0.853. The van der Waals surface area contributed by atoms with E-state index in [0.29, 0.717) is 30.8 Å². The maximum absolute atomic E-state index is 12.5. The zero-order valence-electron chi connectivity index (χ0n) is 16.5. The average molecular weight is 396 g/mol. The molecule has 3 rings (SSSR count). The molecular weight excluding hydrogens is 372 g/mol. The van der Waals surface area contributed by atoms with Crippen molar-refractivity contribution in [2.24, 2.45) is 5.92 Å². The molecule has 0 radical (unpaired) electrons. The number of methoxy groups -OCH3 is 2. The Balaban J connectivity index is 1.53. The quantitative estimate of drug-likeness (QED) is 0.726. The van der Waals surface area contributed by atoms with Crippen LogP contribution in [-0.4, -0.2) is 45.1 Å². The maximum Gasteiger partial charge on any atom is 0.337 e. The largest absolute Gasteiger partial charge is 0.497 e. The number of rotatable bonds is 7. The predicted octanol–water partition coefficient (Wildman–Crippen LogP) is 2.19. The number of esters is 1. The van der Waals surface area contributed by atoms with Crippen molar-refractivity contribution in [3.63, 3.8) is 0 Å². The van der Waals surface area contributed by atoms with Crippen molar-refractivity contribution in [3.8, 4) is 5.75 Å². The molecule has 0 spiro atoms. The van der Waals surface area contributed by atoms with Gasteiger partial charge >= 0.3 is 5.97 Å². The summed E-state index contributed by atoms with van der Waals surface area (Å²) in [5, 5.41) is 2.91. The number of nitrogens with one attached hydrogen (secondary N) is 1. The third kappa shape index (κ3) is 4.93. The number of benzene rings is 2. The number of amides is 2. The molecule has 0 saturated carbocycles. The van der Waals surface area contributed by atoms with Crippen molar-refractivity contribution in [1.82, 2.24) is 5.32 Å². The first kappa shape index (κ1) is 20.4. The fourth-order valence-corrected chi connectivity index (χ4v) is 3.33. The van der Waals surface area contributed by atoms with Crippen LogP contribution in [0.2, 0.25) is 0 Å². The van der Waals surface area contributed by atoms with Gasteiger partial charge in [-0.25, -0.2) is 4.79 Å². The zero-order valence-corrected chi connectivity index (χ0v) is 16.5. The number of carbonyl (C=O) groups excluding carboxylic acids is 3. The Kier molecular flexibility index (Phi) is 6.49. The molecule has 1 atom stereocenters. The predicted molar refractivity (Wildman–Crippen MR) is 108 cm³/mol. The molecule has 0 aliphatic carbocycles. The minimum atomic E-state index is -0.433. The van der Waals surface area contributed by atoms with Crippen molar-refractivity contribution in [2.45, 2.75) is 12.8 Å². The normalized spacial score (nSPS) is 15.9. The van der Waals surface area contributed by atoms with Crippen molar-refractivity contribution in [2.75, 3.05) is 32.2 Å². The summed E-state index contributed by atoms with van der Waals surface area (Å²) >= 11 is 0. The minimum Gasteiger partial charge on any atom is -0.497 e. The Labute approximate surface area is 169 Å². The van der Waals surface area contributed by atoms with Crippen LogP contribution in [0.15, 0.2) is 48.5 Å². The van der Waals surface area contributed by atoms with Gasteiger partial charge in [0.25, 0.3) is 0 Å². The monoisotopic (exact) mass is 396 g/mol. The summed E-state index contributed by atoms with van der Waals surface area (Å²) in [6.45, 7) is 0.811. The van der Waals surface area contributed by atoms with Crippen LogP contribution in [0.3, 0.4) is 0 Å². The molecular formula is C22H24N2O5. The molecule has 7 heteroatoms.